The molecule has 3 nitrogen and oxygen atoms in total. The van der Waals surface area contributed by atoms with E-state index in [0.717, 1.165) is 31.2 Å². The van der Waals surface area contributed by atoms with Crippen LogP contribution in [-0.2, 0) is 14.3 Å². The van der Waals surface area contributed by atoms with E-state index in [9.17, 15) is 8.42 Å². The second kappa shape index (κ2) is 6.32. The van der Waals surface area contributed by atoms with E-state index >= 15 is 0 Å². The first kappa shape index (κ1) is 16.0. The lowest BCUT2D eigenvalue weighted by atomic mass is 9.65. The van der Waals surface area contributed by atoms with Gasteiger partial charge in [-0.3, -0.25) is 4.18 Å². The van der Waals surface area contributed by atoms with Crippen LogP contribution in [0.5, 0.6) is 0 Å². The Bertz CT molecular complexity index is 588. The van der Waals surface area contributed by atoms with Crippen LogP contribution in [-0.4, -0.2) is 14.5 Å². The zero-order valence-corrected chi connectivity index (χ0v) is 14.2. The number of hydrogen-bond donors (Lipinski definition) is 0. The van der Waals surface area contributed by atoms with E-state index in [2.05, 4.69) is 0 Å². The van der Waals surface area contributed by atoms with Gasteiger partial charge >= 0.3 is 0 Å². The molecule has 0 heterocycles. The van der Waals surface area contributed by atoms with Crippen molar-refractivity contribution in [1.29, 1.82) is 0 Å². The summed E-state index contributed by atoms with van der Waals surface area (Å²) in [5.74, 6) is 0. The van der Waals surface area contributed by atoms with Crippen LogP contribution in [0.2, 0.25) is 0 Å². The molecule has 0 radical (unpaired) electrons. The average molecular weight is 322 g/mol. The lowest BCUT2D eigenvalue weighted by molar-refractivity contribution is 0.0554. The van der Waals surface area contributed by atoms with Crippen molar-refractivity contribution in [3.05, 3.63) is 29.8 Å². The zero-order chi connectivity index (χ0) is 15.6. The summed E-state index contributed by atoms with van der Waals surface area (Å²) in [6.07, 6.45) is 10.6. The summed E-state index contributed by atoms with van der Waals surface area (Å²) in [6.45, 7) is 1.95. The van der Waals surface area contributed by atoms with Crippen LogP contribution in [0.1, 0.15) is 63.4 Å². The Morgan fingerprint density at radius 1 is 0.955 bits per heavy atom. The third kappa shape index (κ3) is 3.54. The first-order valence-corrected chi connectivity index (χ1v) is 9.90. The van der Waals surface area contributed by atoms with Gasteiger partial charge in [0.05, 0.1) is 11.0 Å². The molecule has 0 N–H and O–H groups in total. The highest BCUT2D eigenvalue weighted by atomic mass is 32.2. The molecule has 2 aliphatic carbocycles. The van der Waals surface area contributed by atoms with E-state index in [1.807, 2.05) is 19.1 Å². The topological polar surface area (TPSA) is 43.4 Å². The van der Waals surface area contributed by atoms with Crippen molar-refractivity contribution in [1.82, 2.24) is 0 Å². The fraction of sp³-hybridized carbons (Fsp3) is 0.667. The highest BCUT2D eigenvalue weighted by Crippen LogP contribution is 2.48. The second-order valence-electron chi connectivity index (χ2n) is 7.12. The fourth-order valence-corrected chi connectivity index (χ4v) is 5.17. The Hall–Kier alpha value is -0.870. The molecule has 0 amide bonds. The molecule has 0 aliphatic heterocycles. The molecular weight excluding hydrogens is 296 g/mol. The lowest BCUT2D eigenvalue weighted by Crippen LogP contribution is -2.33. The maximum Gasteiger partial charge on any atom is 0.297 e. The van der Waals surface area contributed by atoms with Crippen LogP contribution in [0, 0.1) is 12.3 Å². The van der Waals surface area contributed by atoms with Gasteiger partial charge in [-0.1, -0.05) is 37.0 Å². The molecule has 2 saturated carbocycles. The van der Waals surface area contributed by atoms with Gasteiger partial charge in [0.1, 0.15) is 0 Å². The average Bonchev–Trinajstić information content (AvgIpc) is 2.51. The second-order valence-corrected chi connectivity index (χ2v) is 8.70. The molecule has 2 fully saturated rings. The van der Waals surface area contributed by atoms with Crippen LogP contribution in [0.4, 0.5) is 0 Å². The minimum Gasteiger partial charge on any atom is -0.263 e. The summed E-state index contributed by atoms with van der Waals surface area (Å²) in [6, 6.07) is 6.90. The van der Waals surface area contributed by atoms with Crippen LogP contribution < -0.4 is 0 Å². The Kier molecular flexibility index (Phi) is 4.60. The first-order valence-electron chi connectivity index (χ1n) is 8.49. The quantitative estimate of drug-likeness (QED) is 0.764. The van der Waals surface area contributed by atoms with Gasteiger partial charge in [-0.25, -0.2) is 0 Å². The van der Waals surface area contributed by atoms with Crippen molar-refractivity contribution in [3.63, 3.8) is 0 Å². The lowest BCUT2D eigenvalue weighted by Gasteiger charge is -2.42. The van der Waals surface area contributed by atoms with Crippen LogP contribution >= 0.6 is 0 Å². The van der Waals surface area contributed by atoms with Crippen LogP contribution in [0.15, 0.2) is 29.2 Å². The number of benzene rings is 1. The maximum absolute atomic E-state index is 12.4. The van der Waals surface area contributed by atoms with Gasteiger partial charge in [0.25, 0.3) is 10.1 Å². The van der Waals surface area contributed by atoms with E-state index in [1.165, 1.54) is 32.1 Å². The van der Waals surface area contributed by atoms with Gasteiger partial charge in [0, 0.05) is 0 Å². The molecule has 0 saturated heterocycles. The Balaban J connectivity index is 1.61. The molecule has 1 aromatic carbocycles. The molecular formula is C18H26O3S. The van der Waals surface area contributed by atoms with Gasteiger partial charge in [-0.2, -0.15) is 8.42 Å². The maximum atomic E-state index is 12.4. The van der Waals surface area contributed by atoms with Crippen molar-refractivity contribution >= 4 is 10.1 Å². The van der Waals surface area contributed by atoms with Crippen molar-refractivity contribution in [2.24, 2.45) is 5.41 Å². The smallest absolute Gasteiger partial charge is 0.263 e. The molecule has 0 atom stereocenters. The summed E-state index contributed by atoms with van der Waals surface area (Å²) in [4.78, 5) is 0.274. The molecule has 1 spiro atoms. The van der Waals surface area contributed by atoms with E-state index in [0.29, 0.717) is 5.41 Å². The van der Waals surface area contributed by atoms with Gasteiger partial charge < -0.3 is 0 Å². The summed E-state index contributed by atoms with van der Waals surface area (Å²) >= 11 is 0. The number of aryl methyl sites for hydroxylation is 1. The molecule has 0 aromatic heterocycles. The molecule has 0 unspecified atom stereocenters. The summed E-state index contributed by atoms with van der Waals surface area (Å²) in [5.41, 5.74) is 1.54. The predicted octanol–water partition coefficient (Wildman–Crippen LogP) is 4.59. The molecule has 1 aromatic rings. The highest BCUT2D eigenvalue weighted by molar-refractivity contribution is 7.86. The standard InChI is InChI=1S/C18H26O3S/c1-15-5-7-17(8-6-15)22(19,20)21-16-9-13-18(14-10-16)11-3-2-4-12-18/h5-8,16H,2-4,9-14H2,1H3. The van der Waals surface area contributed by atoms with Gasteiger partial charge in [-0.05, 0) is 63.0 Å². The van der Waals surface area contributed by atoms with Crippen LogP contribution in [0.25, 0.3) is 0 Å². The monoisotopic (exact) mass is 322 g/mol. The summed E-state index contributed by atoms with van der Waals surface area (Å²) in [7, 11) is -3.62. The molecule has 0 bridgehead atoms. The summed E-state index contributed by atoms with van der Waals surface area (Å²) in [5, 5.41) is 0. The van der Waals surface area contributed by atoms with Crippen molar-refractivity contribution < 1.29 is 12.6 Å². The fourth-order valence-electron chi connectivity index (χ4n) is 4.04. The third-order valence-corrected chi connectivity index (χ3v) is 6.85. The highest BCUT2D eigenvalue weighted by Gasteiger charge is 2.37. The zero-order valence-electron chi connectivity index (χ0n) is 13.4. The third-order valence-electron chi connectivity index (χ3n) is 5.48. The number of hydrogen-bond acceptors (Lipinski definition) is 3. The minimum absolute atomic E-state index is 0.140. The first-order chi connectivity index (χ1) is 10.5. The van der Waals surface area contributed by atoms with E-state index < -0.39 is 10.1 Å². The van der Waals surface area contributed by atoms with Gasteiger partial charge in [0.15, 0.2) is 0 Å². The van der Waals surface area contributed by atoms with E-state index in [-0.39, 0.29) is 11.0 Å². The SMILES string of the molecule is Cc1ccc(S(=O)(=O)OC2CCC3(CCCCC3)CC2)cc1. The van der Waals surface area contributed by atoms with Crippen LogP contribution in [0.3, 0.4) is 0 Å². The predicted molar refractivity (Wildman–Crippen MR) is 87.2 cm³/mol. The molecule has 4 heteroatoms. The normalized spacial score (nSPS) is 22.8. The Morgan fingerprint density at radius 3 is 2.14 bits per heavy atom. The van der Waals surface area contributed by atoms with Gasteiger partial charge in [-0.15, -0.1) is 0 Å². The molecule has 3 rings (SSSR count). The minimum atomic E-state index is -3.62. The Morgan fingerprint density at radius 2 is 1.55 bits per heavy atom. The Labute approximate surface area is 134 Å². The molecule has 122 valence electrons. The van der Waals surface area contributed by atoms with Gasteiger partial charge in [0.2, 0.25) is 0 Å². The van der Waals surface area contributed by atoms with E-state index in [1.54, 1.807) is 12.1 Å². The summed E-state index contributed by atoms with van der Waals surface area (Å²) < 4.78 is 30.2. The number of rotatable bonds is 3. The van der Waals surface area contributed by atoms with Crippen molar-refractivity contribution in [3.8, 4) is 0 Å². The van der Waals surface area contributed by atoms with Crippen molar-refractivity contribution in [2.75, 3.05) is 0 Å². The van der Waals surface area contributed by atoms with Crippen molar-refractivity contribution in [2.45, 2.75) is 75.7 Å². The van der Waals surface area contributed by atoms with E-state index in [4.69, 9.17) is 4.18 Å². The molecule has 2 aliphatic rings. The molecule has 22 heavy (non-hydrogen) atoms. The largest absolute Gasteiger partial charge is 0.297 e.